The molecule has 0 amide bonds. The minimum Gasteiger partial charge on any atom is -0.466 e. The summed E-state index contributed by atoms with van der Waals surface area (Å²) < 4.78 is 10.3. The number of esters is 2. The van der Waals surface area contributed by atoms with Gasteiger partial charge in [-0.2, -0.15) is 0 Å². The van der Waals surface area contributed by atoms with Crippen molar-refractivity contribution in [3.63, 3.8) is 0 Å². The van der Waals surface area contributed by atoms with Gasteiger partial charge in [-0.05, 0) is 39.0 Å². The van der Waals surface area contributed by atoms with Crippen molar-refractivity contribution in [1.29, 1.82) is 0 Å². The Balaban J connectivity index is 0. The van der Waals surface area contributed by atoms with Crippen LogP contribution in [0.2, 0.25) is 0 Å². The molecule has 0 aliphatic carbocycles. The second-order valence-corrected chi connectivity index (χ2v) is 7.13. The smallest absolute Gasteiger partial charge is 0.305 e. The molecule has 0 saturated carbocycles. The Bertz CT molecular complexity index is 316. The summed E-state index contributed by atoms with van der Waals surface area (Å²) in [6.45, 7) is 7.09. The van der Waals surface area contributed by atoms with Gasteiger partial charge in [-0.1, -0.05) is 52.4 Å². The van der Waals surface area contributed by atoms with Crippen molar-refractivity contribution in [3.05, 3.63) is 0 Å². The van der Waals surface area contributed by atoms with Gasteiger partial charge in [0.25, 0.3) is 0 Å². The van der Waals surface area contributed by atoms with Crippen LogP contribution in [0, 0.1) is 0 Å². The molecule has 0 bridgehead atoms. The first-order chi connectivity index (χ1) is 13.5. The molecule has 6 heteroatoms. The zero-order valence-corrected chi connectivity index (χ0v) is 18.4. The standard InChI is InChI=1S/C18H34O4.C4H10O2/c1-3-5-7-11-15-21-17(19)13-9-10-14-18(20)22-16-12-8-6-4-2;1-4(6)2-3-5/h3-16H2,1-2H3;4-6H,2-3H2,1H3. The molecule has 0 spiro atoms. The van der Waals surface area contributed by atoms with Crippen molar-refractivity contribution in [2.75, 3.05) is 19.8 Å². The molecule has 0 aliphatic heterocycles. The van der Waals surface area contributed by atoms with E-state index in [9.17, 15) is 9.59 Å². The third kappa shape index (κ3) is 27.1. The molecule has 2 N–H and O–H groups in total. The van der Waals surface area contributed by atoms with Crippen molar-refractivity contribution in [2.24, 2.45) is 0 Å². The highest BCUT2D eigenvalue weighted by Gasteiger charge is 2.06. The molecule has 0 fully saturated rings. The van der Waals surface area contributed by atoms with Gasteiger partial charge in [0.1, 0.15) is 0 Å². The lowest BCUT2D eigenvalue weighted by Crippen LogP contribution is -2.08. The Hall–Kier alpha value is -1.14. The number of ether oxygens (including phenoxy) is 2. The van der Waals surface area contributed by atoms with E-state index in [2.05, 4.69) is 13.8 Å². The Morgan fingerprint density at radius 1 is 0.750 bits per heavy atom. The summed E-state index contributed by atoms with van der Waals surface area (Å²) in [7, 11) is 0. The summed E-state index contributed by atoms with van der Waals surface area (Å²) in [6.07, 6.45) is 11.2. The number of aliphatic hydroxyl groups is 2. The van der Waals surface area contributed by atoms with Crippen LogP contribution in [0.1, 0.15) is 104 Å². The Morgan fingerprint density at radius 3 is 1.46 bits per heavy atom. The highest BCUT2D eigenvalue weighted by atomic mass is 16.5. The van der Waals surface area contributed by atoms with E-state index in [1.807, 2.05) is 0 Å². The number of carbonyl (C=O) groups is 2. The monoisotopic (exact) mass is 404 g/mol. The molecule has 6 nitrogen and oxygen atoms in total. The van der Waals surface area contributed by atoms with Crippen molar-refractivity contribution in [2.45, 2.75) is 110 Å². The largest absolute Gasteiger partial charge is 0.466 e. The topological polar surface area (TPSA) is 93.1 Å². The van der Waals surface area contributed by atoms with Gasteiger partial charge in [0.2, 0.25) is 0 Å². The van der Waals surface area contributed by atoms with Crippen LogP contribution in [0.3, 0.4) is 0 Å². The molecule has 0 aromatic carbocycles. The van der Waals surface area contributed by atoms with Gasteiger partial charge >= 0.3 is 11.9 Å². The van der Waals surface area contributed by atoms with Gasteiger partial charge in [0.15, 0.2) is 0 Å². The van der Waals surface area contributed by atoms with E-state index in [4.69, 9.17) is 19.7 Å². The summed E-state index contributed by atoms with van der Waals surface area (Å²) in [6, 6.07) is 0. The Morgan fingerprint density at radius 2 is 1.18 bits per heavy atom. The van der Waals surface area contributed by atoms with Gasteiger partial charge in [0, 0.05) is 19.4 Å². The predicted octanol–water partition coefficient (Wildman–Crippen LogP) is 4.54. The van der Waals surface area contributed by atoms with Gasteiger partial charge in [-0.15, -0.1) is 0 Å². The van der Waals surface area contributed by atoms with E-state index >= 15 is 0 Å². The summed E-state index contributed by atoms with van der Waals surface area (Å²) in [5, 5.41) is 16.5. The second kappa shape index (κ2) is 23.9. The summed E-state index contributed by atoms with van der Waals surface area (Å²) in [4.78, 5) is 22.9. The van der Waals surface area contributed by atoms with Crippen LogP contribution in [-0.4, -0.2) is 48.1 Å². The number of unbranched alkanes of at least 4 members (excludes halogenated alkanes) is 7. The van der Waals surface area contributed by atoms with Crippen LogP contribution in [0.5, 0.6) is 0 Å². The van der Waals surface area contributed by atoms with Crippen molar-refractivity contribution >= 4 is 11.9 Å². The van der Waals surface area contributed by atoms with Gasteiger partial charge in [-0.3, -0.25) is 9.59 Å². The minimum absolute atomic E-state index is 0.0810. The number of aliphatic hydroxyl groups excluding tert-OH is 2. The second-order valence-electron chi connectivity index (χ2n) is 7.13. The zero-order chi connectivity index (χ0) is 21.5. The predicted molar refractivity (Wildman–Crippen MR) is 112 cm³/mol. The van der Waals surface area contributed by atoms with Crippen LogP contribution in [0.15, 0.2) is 0 Å². The molecule has 0 heterocycles. The average Bonchev–Trinajstić information content (AvgIpc) is 2.65. The minimum atomic E-state index is -0.352. The van der Waals surface area contributed by atoms with Crippen molar-refractivity contribution < 1.29 is 29.3 Å². The summed E-state index contributed by atoms with van der Waals surface area (Å²) in [5.74, 6) is -0.297. The SMILES string of the molecule is CC(O)CCO.CCCCCCOC(=O)CCCCC(=O)OCCCCCC. The lowest BCUT2D eigenvalue weighted by atomic mass is 10.2. The molecule has 0 aliphatic rings. The lowest BCUT2D eigenvalue weighted by Gasteiger charge is -2.05. The third-order valence-electron chi connectivity index (χ3n) is 4.08. The summed E-state index contributed by atoms with van der Waals surface area (Å²) in [5.41, 5.74) is 0. The van der Waals surface area contributed by atoms with Gasteiger partial charge < -0.3 is 19.7 Å². The molecule has 0 saturated heterocycles. The molecule has 28 heavy (non-hydrogen) atoms. The fourth-order valence-electron chi connectivity index (χ4n) is 2.30. The Labute approximate surface area is 172 Å². The first-order valence-corrected chi connectivity index (χ1v) is 11.1. The van der Waals surface area contributed by atoms with E-state index in [0.717, 1.165) is 25.7 Å². The fraction of sp³-hybridized carbons (Fsp3) is 0.909. The number of carbonyl (C=O) groups excluding carboxylic acids is 2. The molecular weight excluding hydrogens is 360 g/mol. The van der Waals surface area contributed by atoms with Crippen LogP contribution in [-0.2, 0) is 19.1 Å². The maximum absolute atomic E-state index is 11.5. The van der Waals surface area contributed by atoms with E-state index in [1.54, 1.807) is 6.92 Å². The van der Waals surface area contributed by atoms with Crippen LogP contribution in [0.4, 0.5) is 0 Å². The van der Waals surface area contributed by atoms with Crippen LogP contribution < -0.4 is 0 Å². The molecule has 0 radical (unpaired) electrons. The molecule has 0 rings (SSSR count). The van der Waals surface area contributed by atoms with E-state index in [-0.39, 0.29) is 24.6 Å². The van der Waals surface area contributed by atoms with Crippen LogP contribution in [0.25, 0.3) is 0 Å². The van der Waals surface area contributed by atoms with E-state index in [0.29, 0.717) is 45.3 Å². The zero-order valence-electron chi connectivity index (χ0n) is 18.4. The number of hydrogen-bond acceptors (Lipinski definition) is 6. The normalized spacial score (nSPS) is 11.3. The lowest BCUT2D eigenvalue weighted by molar-refractivity contribution is -0.146. The van der Waals surface area contributed by atoms with Crippen LogP contribution >= 0.6 is 0 Å². The molecular formula is C22H44O6. The van der Waals surface area contributed by atoms with E-state index < -0.39 is 0 Å². The molecule has 1 atom stereocenters. The third-order valence-corrected chi connectivity index (χ3v) is 4.08. The first-order valence-electron chi connectivity index (χ1n) is 11.1. The highest BCUT2D eigenvalue weighted by molar-refractivity contribution is 5.70. The average molecular weight is 405 g/mol. The molecule has 1 unspecified atom stereocenters. The van der Waals surface area contributed by atoms with E-state index in [1.165, 1.54) is 25.7 Å². The molecule has 0 aromatic heterocycles. The van der Waals surface area contributed by atoms with Gasteiger partial charge in [-0.25, -0.2) is 0 Å². The summed E-state index contributed by atoms with van der Waals surface area (Å²) >= 11 is 0. The number of rotatable bonds is 17. The maximum Gasteiger partial charge on any atom is 0.305 e. The number of hydrogen-bond donors (Lipinski definition) is 2. The highest BCUT2D eigenvalue weighted by Crippen LogP contribution is 2.05. The Kier molecular flexibility index (Phi) is 24.8. The van der Waals surface area contributed by atoms with Crippen molar-refractivity contribution in [3.8, 4) is 0 Å². The quantitative estimate of drug-likeness (QED) is 0.273. The first kappa shape index (κ1) is 29.1. The molecule has 0 aromatic rings. The van der Waals surface area contributed by atoms with Crippen molar-refractivity contribution in [1.82, 2.24) is 0 Å². The fourth-order valence-corrected chi connectivity index (χ4v) is 2.30. The molecule has 168 valence electrons. The van der Waals surface area contributed by atoms with Gasteiger partial charge in [0.05, 0.1) is 19.3 Å². The maximum atomic E-state index is 11.5.